The van der Waals surface area contributed by atoms with E-state index in [1.807, 2.05) is 17.5 Å². The van der Waals surface area contributed by atoms with Crippen molar-refractivity contribution in [1.82, 2.24) is 15.0 Å². The first-order valence-corrected chi connectivity index (χ1v) is 8.77. The Morgan fingerprint density at radius 3 is 2.88 bits per heavy atom. The molecule has 7 nitrogen and oxygen atoms in total. The molecule has 0 saturated carbocycles. The van der Waals surface area contributed by atoms with Gasteiger partial charge in [-0.1, -0.05) is 11.2 Å². The van der Waals surface area contributed by atoms with Crippen LogP contribution in [0.4, 0.5) is 5.82 Å². The molecular formula is C15H14N4O3S2. The molecule has 0 bridgehead atoms. The van der Waals surface area contributed by atoms with Crippen molar-refractivity contribution in [3.8, 4) is 9.88 Å². The summed E-state index contributed by atoms with van der Waals surface area (Å²) in [6.45, 7) is 1.63. The average molecular weight is 362 g/mol. The summed E-state index contributed by atoms with van der Waals surface area (Å²) in [7, 11) is 1.56. The highest BCUT2D eigenvalue weighted by Crippen LogP contribution is 2.28. The van der Waals surface area contributed by atoms with E-state index in [1.54, 1.807) is 36.8 Å². The standard InChI is InChI=1S/C15H14N4O3S2/c1-9-6-12(18-22-9)17-13(20)7-19(2)15(21)10-8-24-14(16-10)11-4-3-5-23-11/h3-6,8H,7H2,1-2H3,(H,17,18,20). The second-order valence-corrected chi connectivity index (χ2v) is 6.85. The van der Waals surface area contributed by atoms with E-state index in [0.717, 1.165) is 9.88 Å². The number of hydrogen-bond acceptors (Lipinski definition) is 7. The summed E-state index contributed by atoms with van der Waals surface area (Å²) < 4.78 is 4.87. The minimum absolute atomic E-state index is 0.101. The Morgan fingerprint density at radius 2 is 2.21 bits per heavy atom. The lowest BCUT2D eigenvalue weighted by Gasteiger charge is -2.14. The van der Waals surface area contributed by atoms with Gasteiger partial charge in [0.15, 0.2) is 5.82 Å². The van der Waals surface area contributed by atoms with Crippen LogP contribution < -0.4 is 5.32 Å². The maximum Gasteiger partial charge on any atom is 0.273 e. The van der Waals surface area contributed by atoms with Crippen LogP contribution in [0.25, 0.3) is 9.88 Å². The molecule has 0 saturated heterocycles. The third-order valence-electron chi connectivity index (χ3n) is 3.08. The molecule has 0 unspecified atom stereocenters. The molecule has 124 valence electrons. The first kappa shape index (κ1) is 16.3. The maximum absolute atomic E-state index is 12.4. The number of carbonyl (C=O) groups excluding carboxylic acids is 2. The molecule has 0 aliphatic rings. The Kier molecular flexibility index (Phi) is 4.72. The van der Waals surface area contributed by atoms with Gasteiger partial charge >= 0.3 is 0 Å². The number of aryl methyl sites for hydroxylation is 1. The van der Waals surface area contributed by atoms with E-state index < -0.39 is 0 Å². The molecule has 9 heteroatoms. The van der Waals surface area contributed by atoms with Crippen LogP contribution in [0.1, 0.15) is 16.2 Å². The number of nitrogens with one attached hydrogen (secondary N) is 1. The summed E-state index contributed by atoms with van der Waals surface area (Å²) in [5, 5.41) is 10.7. The van der Waals surface area contributed by atoms with Crippen LogP contribution in [0.15, 0.2) is 33.5 Å². The molecule has 0 aliphatic heterocycles. The summed E-state index contributed by atoms with van der Waals surface area (Å²) in [6.07, 6.45) is 0. The Bertz CT molecular complexity index is 854. The van der Waals surface area contributed by atoms with Crippen LogP contribution in [0.3, 0.4) is 0 Å². The zero-order chi connectivity index (χ0) is 17.1. The summed E-state index contributed by atoms with van der Waals surface area (Å²) in [6, 6.07) is 5.49. The first-order chi connectivity index (χ1) is 11.5. The summed E-state index contributed by atoms with van der Waals surface area (Å²) in [5.74, 6) is 0.263. The molecule has 0 aliphatic carbocycles. The highest BCUT2D eigenvalue weighted by molar-refractivity contribution is 7.20. The van der Waals surface area contributed by atoms with E-state index >= 15 is 0 Å². The number of anilines is 1. The van der Waals surface area contributed by atoms with Gasteiger partial charge in [-0.2, -0.15) is 0 Å². The van der Waals surface area contributed by atoms with Crippen molar-refractivity contribution in [1.29, 1.82) is 0 Å². The lowest BCUT2D eigenvalue weighted by atomic mass is 10.4. The Morgan fingerprint density at radius 1 is 1.38 bits per heavy atom. The van der Waals surface area contributed by atoms with Gasteiger partial charge < -0.3 is 14.7 Å². The van der Waals surface area contributed by atoms with E-state index in [1.165, 1.54) is 16.2 Å². The van der Waals surface area contributed by atoms with Crippen molar-refractivity contribution in [3.63, 3.8) is 0 Å². The number of hydrogen-bond donors (Lipinski definition) is 1. The zero-order valence-corrected chi connectivity index (χ0v) is 14.6. The second kappa shape index (κ2) is 6.93. The predicted molar refractivity (Wildman–Crippen MR) is 92.3 cm³/mol. The second-order valence-electron chi connectivity index (χ2n) is 5.05. The minimum atomic E-state index is -0.354. The van der Waals surface area contributed by atoms with Gasteiger partial charge in [-0.25, -0.2) is 4.98 Å². The number of likely N-dealkylation sites (N-methyl/N-ethyl adjacent to an activating group) is 1. The molecule has 0 spiro atoms. The maximum atomic E-state index is 12.4. The Hall–Kier alpha value is -2.52. The number of nitrogens with zero attached hydrogens (tertiary/aromatic N) is 3. The van der Waals surface area contributed by atoms with Crippen LogP contribution in [0.5, 0.6) is 0 Å². The van der Waals surface area contributed by atoms with Gasteiger partial charge in [0.2, 0.25) is 5.91 Å². The highest BCUT2D eigenvalue weighted by atomic mass is 32.1. The van der Waals surface area contributed by atoms with Crippen molar-refractivity contribution in [2.24, 2.45) is 0 Å². The van der Waals surface area contributed by atoms with Crippen LogP contribution >= 0.6 is 22.7 Å². The Balaban J connectivity index is 1.61. The average Bonchev–Trinajstić information content (AvgIpc) is 3.27. The van der Waals surface area contributed by atoms with Crippen molar-refractivity contribution in [3.05, 3.63) is 40.4 Å². The fraction of sp³-hybridized carbons (Fsp3) is 0.200. The predicted octanol–water partition coefficient (Wildman–Crippen LogP) is 2.88. The quantitative estimate of drug-likeness (QED) is 0.754. The SMILES string of the molecule is Cc1cc(NC(=O)CN(C)C(=O)c2csc(-c3cccs3)n2)no1. The van der Waals surface area contributed by atoms with Crippen molar-refractivity contribution < 1.29 is 14.1 Å². The molecule has 2 amide bonds. The molecule has 3 rings (SSSR count). The van der Waals surface area contributed by atoms with Gasteiger partial charge in [-0.3, -0.25) is 9.59 Å². The fourth-order valence-corrected chi connectivity index (χ4v) is 3.58. The lowest BCUT2D eigenvalue weighted by molar-refractivity contribution is -0.116. The van der Waals surface area contributed by atoms with Crippen molar-refractivity contribution in [2.45, 2.75) is 6.92 Å². The topological polar surface area (TPSA) is 88.3 Å². The van der Waals surface area contributed by atoms with Crippen molar-refractivity contribution in [2.75, 3.05) is 18.9 Å². The van der Waals surface area contributed by atoms with Crippen LogP contribution in [-0.2, 0) is 4.79 Å². The number of amides is 2. The van der Waals surface area contributed by atoms with Crippen LogP contribution in [0, 0.1) is 6.92 Å². The normalized spacial score (nSPS) is 10.6. The Labute approximate surface area is 145 Å². The molecule has 3 heterocycles. The molecule has 1 N–H and O–H groups in total. The molecular weight excluding hydrogens is 348 g/mol. The molecule has 3 aromatic rings. The third kappa shape index (κ3) is 3.69. The number of carbonyl (C=O) groups is 2. The fourth-order valence-electron chi connectivity index (χ4n) is 1.98. The summed E-state index contributed by atoms with van der Waals surface area (Å²) >= 11 is 2.97. The van der Waals surface area contributed by atoms with Crippen LogP contribution in [0.2, 0.25) is 0 Å². The largest absolute Gasteiger partial charge is 0.360 e. The van der Waals surface area contributed by atoms with E-state index in [0.29, 0.717) is 17.3 Å². The molecule has 24 heavy (non-hydrogen) atoms. The zero-order valence-electron chi connectivity index (χ0n) is 13.0. The van der Waals surface area contributed by atoms with Crippen LogP contribution in [-0.4, -0.2) is 40.4 Å². The number of thiophene rings is 1. The summed E-state index contributed by atoms with van der Waals surface area (Å²) in [5.41, 5.74) is 0.330. The molecule has 0 fully saturated rings. The molecule has 0 atom stereocenters. The highest BCUT2D eigenvalue weighted by Gasteiger charge is 2.19. The smallest absolute Gasteiger partial charge is 0.273 e. The van der Waals surface area contributed by atoms with E-state index in [4.69, 9.17) is 4.52 Å². The number of thiazole rings is 1. The third-order valence-corrected chi connectivity index (χ3v) is 4.96. The molecule has 3 aromatic heterocycles. The van der Waals surface area contributed by atoms with Gasteiger partial charge in [-0.15, -0.1) is 22.7 Å². The molecule has 0 aromatic carbocycles. The van der Waals surface area contributed by atoms with Crippen molar-refractivity contribution >= 4 is 40.3 Å². The van der Waals surface area contributed by atoms with Gasteiger partial charge in [-0.05, 0) is 18.4 Å². The van der Waals surface area contributed by atoms with E-state index in [9.17, 15) is 9.59 Å². The van der Waals surface area contributed by atoms with Gasteiger partial charge in [0, 0.05) is 18.5 Å². The van der Waals surface area contributed by atoms with Gasteiger partial charge in [0.05, 0.1) is 11.4 Å². The number of aromatic nitrogens is 2. The van der Waals surface area contributed by atoms with Gasteiger partial charge in [0.25, 0.3) is 5.91 Å². The molecule has 0 radical (unpaired) electrons. The monoisotopic (exact) mass is 362 g/mol. The lowest BCUT2D eigenvalue weighted by Crippen LogP contribution is -2.35. The van der Waals surface area contributed by atoms with E-state index in [-0.39, 0.29) is 18.4 Å². The summed E-state index contributed by atoms with van der Waals surface area (Å²) in [4.78, 5) is 31.0. The van der Waals surface area contributed by atoms with E-state index in [2.05, 4.69) is 15.5 Å². The number of rotatable bonds is 5. The van der Waals surface area contributed by atoms with Gasteiger partial charge in [0.1, 0.15) is 16.5 Å². The minimum Gasteiger partial charge on any atom is -0.360 e. The first-order valence-electron chi connectivity index (χ1n) is 7.01.